The summed E-state index contributed by atoms with van der Waals surface area (Å²) in [5.74, 6) is -0.175. The van der Waals surface area contributed by atoms with Crippen LogP contribution in [0.3, 0.4) is 0 Å². The van der Waals surface area contributed by atoms with E-state index in [4.69, 9.17) is 9.47 Å². The van der Waals surface area contributed by atoms with Crippen molar-refractivity contribution >= 4 is 17.4 Å². The van der Waals surface area contributed by atoms with Gasteiger partial charge in [0.25, 0.3) is 11.7 Å². The number of ether oxygens (including phenoxy) is 2. The zero-order chi connectivity index (χ0) is 25.9. The second-order valence-corrected chi connectivity index (χ2v) is 9.97. The highest BCUT2D eigenvalue weighted by Crippen LogP contribution is 2.41. The fourth-order valence-electron chi connectivity index (χ4n) is 4.30. The van der Waals surface area contributed by atoms with Crippen LogP contribution in [0.4, 0.5) is 0 Å². The first kappa shape index (κ1) is 26.3. The number of carbonyl (C=O) groups is 2. The summed E-state index contributed by atoms with van der Waals surface area (Å²) in [4.78, 5) is 29.9. The Morgan fingerprint density at radius 3 is 2.43 bits per heavy atom. The Hall–Kier alpha value is -3.32. The van der Waals surface area contributed by atoms with Crippen molar-refractivity contribution in [1.29, 1.82) is 0 Å². The van der Waals surface area contributed by atoms with Crippen LogP contribution in [0.5, 0.6) is 11.5 Å². The van der Waals surface area contributed by atoms with Gasteiger partial charge in [-0.15, -0.1) is 0 Å². The molecule has 7 heteroatoms. The highest BCUT2D eigenvalue weighted by Gasteiger charge is 2.46. The van der Waals surface area contributed by atoms with Crippen LogP contribution in [0.1, 0.15) is 50.4 Å². The van der Waals surface area contributed by atoms with Crippen molar-refractivity contribution in [3.8, 4) is 11.5 Å². The summed E-state index contributed by atoms with van der Waals surface area (Å²) in [6, 6.07) is 11.9. The number of nitrogens with zero attached hydrogens (tertiary/aromatic N) is 2. The molecule has 1 amide bonds. The van der Waals surface area contributed by atoms with E-state index in [0.717, 1.165) is 5.56 Å². The van der Waals surface area contributed by atoms with E-state index in [1.165, 1.54) is 4.90 Å². The molecule has 188 valence electrons. The summed E-state index contributed by atoms with van der Waals surface area (Å²) in [5.41, 5.74) is 1.88. The van der Waals surface area contributed by atoms with Gasteiger partial charge in [-0.1, -0.05) is 32.9 Å². The predicted octanol–water partition coefficient (Wildman–Crippen LogP) is 4.37. The first-order chi connectivity index (χ1) is 16.5. The fourth-order valence-corrected chi connectivity index (χ4v) is 4.30. The van der Waals surface area contributed by atoms with E-state index in [9.17, 15) is 14.7 Å². The van der Waals surface area contributed by atoms with E-state index in [-0.39, 0.29) is 16.7 Å². The molecule has 0 aliphatic carbocycles. The Bertz CT molecular complexity index is 1130. The molecule has 0 aromatic heterocycles. The van der Waals surface area contributed by atoms with Crippen molar-refractivity contribution in [2.45, 2.75) is 39.2 Å². The Morgan fingerprint density at radius 1 is 1.11 bits per heavy atom. The van der Waals surface area contributed by atoms with E-state index in [0.29, 0.717) is 42.3 Å². The lowest BCUT2D eigenvalue weighted by Crippen LogP contribution is -2.35. The third-order valence-electron chi connectivity index (χ3n) is 6.09. The number of amides is 1. The van der Waals surface area contributed by atoms with Gasteiger partial charge in [0.2, 0.25) is 0 Å². The topological polar surface area (TPSA) is 79.3 Å². The Balaban J connectivity index is 2.21. The number of rotatable bonds is 8. The van der Waals surface area contributed by atoms with Gasteiger partial charge in [-0.25, -0.2) is 0 Å². The van der Waals surface area contributed by atoms with E-state index in [2.05, 4.69) is 0 Å². The van der Waals surface area contributed by atoms with Crippen molar-refractivity contribution in [3.05, 3.63) is 64.7 Å². The predicted molar refractivity (Wildman–Crippen MR) is 137 cm³/mol. The molecule has 1 atom stereocenters. The minimum Gasteiger partial charge on any atom is -0.507 e. The van der Waals surface area contributed by atoms with Crippen molar-refractivity contribution in [3.63, 3.8) is 0 Å². The number of Topliss-reactive ketones (excluding diaryl/α,β-unsaturated/α-hetero) is 1. The van der Waals surface area contributed by atoms with E-state index in [1.54, 1.807) is 19.2 Å². The fraction of sp³-hybridized carbons (Fsp3) is 0.429. The van der Waals surface area contributed by atoms with Crippen molar-refractivity contribution < 1.29 is 24.2 Å². The first-order valence-electron chi connectivity index (χ1n) is 11.8. The molecule has 0 radical (unpaired) electrons. The van der Waals surface area contributed by atoms with Crippen LogP contribution in [-0.2, 0) is 15.0 Å². The molecule has 1 N–H and O–H groups in total. The van der Waals surface area contributed by atoms with Gasteiger partial charge in [0, 0.05) is 24.2 Å². The summed E-state index contributed by atoms with van der Waals surface area (Å²) in [6.45, 7) is 9.45. The maximum atomic E-state index is 13.3. The van der Waals surface area contributed by atoms with Crippen molar-refractivity contribution in [2.24, 2.45) is 0 Å². The summed E-state index contributed by atoms with van der Waals surface area (Å²) in [6.07, 6.45) is 0. The lowest BCUT2D eigenvalue weighted by atomic mass is 9.84. The van der Waals surface area contributed by atoms with Crippen LogP contribution >= 0.6 is 0 Å². The number of ketones is 1. The number of likely N-dealkylation sites (N-methyl/N-ethyl adjacent to an activating group) is 1. The number of benzene rings is 2. The highest BCUT2D eigenvalue weighted by atomic mass is 16.5. The molecule has 1 aliphatic heterocycles. The van der Waals surface area contributed by atoms with Crippen LogP contribution < -0.4 is 9.47 Å². The summed E-state index contributed by atoms with van der Waals surface area (Å²) in [7, 11) is 5.42. The lowest BCUT2D eigenvalue weighted by molar-refractivity contribution is -0.140. The Kier molecular flexibility index (Phi) is 7.90. The minimum absolute atomic E-state index is 0.0763. The number of aliphatic hydroxyl groups excluding tert-OH is 1. The van der Waals surface area contributed by atoms with Crippen molar-refractivity contribution in [2.75, 3.05) is 40.9 Å². The van der Waals surface area contributed by atoms with Gasteiger partial charge in [-0.3, -0.25) is 9.59 Å². The van der Waals surface area contributed by atoms with Gasteiger partial charge < -0.3 is 24.4 Å². The average Bonchev–Trinajstić information content (AvgIpc) is 3.06. The highest BCUT2D eigenvalue weighted by molar-refractivity contribution is 6.46. The SMILES string of the molecule is CCOc1cccc(C2/C(=C(\O)c3ccc(OC)c(C(C)(C)C)c3)C(=O)C(=O)N2CCN(C)C)c1. The quantitative estimate of drug-likeness (QED) is 0.343. The zero-order valence-electron chi connectivity index (χ0n) is 21.7. The molecule has 2 aromatic rings. The van der Waals surface area contributed by atoms with Gasteiger partial charge in [0.15, 0.2) is 0 Å². The molecular weight excluding hydrogens is 444 g/mol. The van der Waals surface area contributed by atoms with Crippen LogP contribution in [-0.4, -0.2) is 67.5 Å². The number of methoxy groups -OCH3 is 1. The Labute approximate surface area is 207 Å². The Morgan fingerprint density at radius 2 is 1.83 bits per heavy atom. The molecule has 1 aliphatic rings. The van der Waals surface area contributed by atoms with Crippen LogP contribution in [0.15, 0.2) is 48.0 Å². The largest absolute Gasteiger partial charge is 0.507 e. The van der Waals surface area contributed by atoms with Crippen LogP contribution in [0.2, 0.25) is 0 Å². The normalized spacial score (nSPS) is 17.8. The van der Waals surface area contributed by atoms with Crippen LogP contribution in [0.25, 0.3) is 5.76 Å². The van der Waals surface area contributed by atoms with Crippen molar-refractivity contribution in [1.82, 2.24) is 9.80 Å². The second-order valence-electron chi connectivity index (χ2n) is 9.97. The van der Waals surface area contributed by atoms with Gasteiger partial charge in [-0.05, 0) is 62.3 Å². The molecule has 35 heavy (non-hydrogen) atoms. The number of aliphatic hydroxyl groups is 1. The van der Waals surface area contributed by atoms with Gasteiger partial charge in [0.05, 0.1) is 25.3 Å². The van der Waals surface area contributed by atoms with Gasteiger partial charge in [-0.2, -0.15) is 0 Å². The third kappa shape index (κ3) is 5.51. The summed E-state index contributed by atoms with van der Waals surface area (Å²) in [5, 5.41) is 11.5. The van der Waals surface area contributed by atoms with E-state index >= 15 is 0 Å². The maximum absolute atomic E-state index is 13.3. The lowest BCUT2D eigenvalue weighted by Gasteiger charge is -2.27. The number of hydrogen-bond donors (Lipinski definition) is 1. The van der Waals surface area contributed by atoms with E-state index < -0.39 is 17.7 Å². The molecule has 0 spiro atoms. The third-order valence-corrected chi connectivity index (χ3v) is 6.09. The molecule has 1 heterocycles. The smallest absolute Gasteiger partial charge is 0.295 e. The monoisotopic (exact) mass is 480 g/mol. The zero-order valence-corrected chi connectivity index (χ0v) is 21.7. The summed E-state index contributed by atoms with van der Waals surface area (Å²) < 4.78 is 11.2. The molecule has 1 fully saturated rings. The second kappa shape index (κ2) is 10.5. The number of hydrogen-bond acceptors (Lipinski definition) is 6. The molecule has 2 aromatic carbocycles. The molecule has 7 nitrogen and oxygen atoms in total. The molecule has 1 saturated heterocycles. The van der Waals surface area contributed by atoms with Gasteiger partial charge >= 0.3 is 0 Å². The molecule has 0 bridgehead atoms. The van der Waals surface area contributed by atoms with Crippen LogP contribution in [0, 0.1) is 0 Å². The summed E-state index contributed by atoms with van der Waals surface area (Å²) >= 11 is 0. The number of carbonyl (C=O) groups excluding carboxylic acids is 2. The maximum Gasteiger partial charge on any atom is 0.295 e. The molecular formula is C28H36N2O5. The molecule has 3 rings (SSSR count). The number of likely N-dealkylation sites (tertiary alicyclic amines) is 1. The molecule has 0 saturated carbocycles. The first-order valence-corrected chi connectivity index (χ1v) is 11.8. The standard InChI is InChI=1S/C28H36N2O5/c1-8-35-20-11-9-10-18(16-20)24-23(26(32)27(33)30(24)15-14-29(5)6)25(31)19-12-13-22(34-7)21(17-19)28(2,3)4/h9-13,16-17,24,31H,8,14-15H2,1-7H3/b25-23+. The average molecular weight is 481 g/mol. The minimum atomic E-state index is -0.726. The van der Waals surface area contributed by atoms with E-state index in [1.807, 2.05) is 77.0 Å². The molecule has 1 unspecified atom stereocenters. The van der Waals surface area contributed by atoms with Gasteiger partial charge in [0.1, 0.15) is 17.3 Å².